The average Bonchev–Trinajstić information content (AvgIpc) is 2.46. The van der Waals surface area contributed by atoms with Gasteiger partial charge in [0.15, 0.2) is 0 Å². The quantitative estimate of drug-likeness (QED) is 0.895. The number of hydrogen-bond acceptors (Lipinski definition) is 2. The normalized spacial score (nSPS) is 10.1. The summed E-state index contributed by atoms with van der Waals surface area (Å²) in [7, 11) is 1.77. The van der Waals surface area contributed by atoms with E-state index in [2.05, 4.69) is 0 Å². The molecule has 0 radical (unpaired) electrons. The molecule has 0 aromatic heterocycles. The molecule has 0 fully saturated rings. The van der Waals surface area contributed by atoms with Crippen LogP contribution in [0.1, 0.15) is 15.9 Å². The summed E-state index contributed by atoms with van der Waals surface area (Å²) in [6.07, 6.45) is 0. The van der Waals surface area contributed by atoms with Crippen molar-refractivity contribution < 1.29 is 4.79 Å². The molecular weight excluding hydrogens is 224 g/mol. The number of benzene rings is 2. The number of anilines is 1. The molecule has 2 rings (SSSR count). The molecule has 0 bridgehead atoms. The molecule has 92 valence electrons. The Morgan fingerprint density at radius 1 is 1.06 bits per heavy atom. The minimum atomic E-state index is -0.0310. The molecule has 0 atom stereocenters. The molecule has 0 spiro atoms. The second-order valence-electron chi connectivity index (χ2n) is 4.06. The molecule has 3 nitrogen and oxygen atoms in total. The fourth-order valence-corrected chi connectivity index (χ4v) is 1.89. The highest BCUT2D eigenvalue weighted by Gasteiger charge is 2.14. The van der Waals surface area contributed by atoms with Gasteiger partial charge in [0.1, 0.15) is 0 Å². The lowest BCUT2D eigenvalue weighted by Gasteiger charge is -2.20. The number of carbonyl (C=O) groups is 1. The number of nitrogens with zero attached hydrogens (tertiary/aromatic N) is 1. The van der Waals surface area contributed by atoms with Gasteiger partial charge in [0.25, 0.3) is 5.91 Å². The predicted molar refractivity (Wildman–Crippen MR) is 73.5 cm³/mol. The smallest absolute Gasteiger partial charge is 0.258 e. The maximum atomic E-state index is 12.3. The summed E-state index contributed by atoms with van der Waals surface area (Å²) in [4.78, 5) is 13.9. The van der Waals surface area contributed by atoms with Crippen molar-refractivity contribution in [1.82, 2.24) is 0 Å². The van der Waals surface area contributed by atoms with Crippen LogP contribution >= 0.6 is 0 Å². The zero-order chi connectivity index (χ0) is 13.0. The molecule has 2 N–H and O–H groups in total. The average molecular weight is 240 g/mol. The third-order valence-corrected chi connectivity index (χ3v) is 2.90. The minimum absolute atomic E-state index is 0.0310. The summed E-state index contributed by atoms with van der Waals surface area (Å²) in [5.41, 5.74) is 8.18. The third-order valence-electron chi connectivity index (χ3n) is 2.90. The first-order valence-corrected chi connectivity index (χ1v) is 5.85. The maximum absolute atomic E-state index is 12.3. The van der Waals surface area contributed by atoms with Crippen molar-refractivity contribution in [1.29, 1.82) is 0 Å². The van der Waals surface area contributed by atoms with E-state index in [4.69, 9.17) is 5.73 Å². The molecule has 3 heteroatoms. The van der Waals surface area contributed by atoms with Gasteiger partial charge in [0.05, 0.1) is 0 Å². The molecular formula is C15H16N2O. The Hall–Kier alpha value is -2.13. The van der Waals surface area contributed by atoms with E-state index in [1.54, 1.807) is 11.9 Å². The van der Waals surface area contributed by atoms with Gasteiger partial charge < -0.3 is 10.6 Å². The zero-order valence-corrected chi connectivity index (χ0v) is 10.3. The van der Waals surface area contributed by atoms with E-state index in [0.717, 1.165) is 11.3 Å². The summed E-state index contributed by atoms with van der Waals surface area (Å²) >= 11 is 0. The number of para-hydroxylation sites is 1. The standard InChI is InChI=1S/C15H16N2O/c1-17(14-10-6-5-9-13(14)11-16)15(18)12-7-3-2-4-8-12/h2-10H,11,16H2,1H3. The van der Waals surface area contributed by atoms with Crippen LogP contribution in [0.4, 0.5) is 5.69 Å². The Kier molecular flexibility index (Phi) is 3.75. The predicted octanol–water partition coefficient (Wildman–Crippen LogP) is 2.42. The van der Waals surface area contributed by atoms with Crippen molar-refractivity contribution in [2.45, 2.75) is 6.54 Å². The maximum Gasteiger partial charge on any atom is 0.258 e. The molecule has 0 aliphatic carbocycles. The number of nitrogens with two attached hydrogens (primary N) is 1. The fourth-order valence-electron chi connectivity index (χ4n) is 1.89. The zero-order valence-electron chi connectivity index (χ0n) is 10.3. The highest BCUT2D eigenvalue weighted by Crippen LogP contribution is 2.20. The van der Waals surface area contributed by atoms with Crippen LogP contribution in [0.15, 0.2) is 54.6 Å². The lowest BCUT2D eigenvalue weighted by Crippen LogP contribution is -2.27. The Balaban J connectivity index is 2.31. The van der Waals surface area contributed by atoms with Crippen LogP contribution in [-0.2, 0) is 6.54 Å². The number of amides is 1. The van der Waals surface area contributed by atoms with Crippen molar-refractivity contribution >= 4 is 11.6 Å². The molecule has 0 unspecified atom stereocenters. The van der Waals surface area contributed by atoms with Gasteiger partial charge in [-0.1, -0.05) is 36.4 Å². The van der Waals surface area contributed by atoms with Gasteiger partial charge in [0.2, 0.25) is 0 Å². The second-order valence-corrected chi connectivity index (χ2v) is 4.06. The van der Waals surface area contributed by atoms with Crippen molar-refractivity contribution in [3.05, 3.63) is 65.7 Å². The molecule has 0 aliphatic rings. The Morgan fingerprint density at radius 3 is 2.33 bits per heavy atom. The Bertz CT molecular complexity index is 537. The SMILES string of the molecule is CN(C(=O)c1ccccc1)c1ccccc1CN. The van der Waals surface area contributed by atoms with Gasteiger partial charge >= 0.3 is 0 Å². The largest absolute Gasteiger partial charge is 0.326 e. The first-order chi connectivity index (χ1) is 8.74. The van der Waals surface area contributed by atoms with E-state index >= 15 is 0 Å². The second kappa shape index (κ2) is 5.47. The fraction of sp³-hybridized carbons (Fsp3) is 0.133. The van der Waals surface area contributed by atoms with E-state index in [1.165, 1.54) is 0 Å². The molecule has 0 heterocycles. The van der Waals surface area contributed by atoms with Gasteiger partial charge in [-0.15, -0.1) is 0 Å². The highest BCUT2D eigenvalue weighted by molar-refractivity contribution is 6.06. The molecule has 2 aromatic carbocycles. The van der Waals surface area contributed by atoms with E-state index in [9.17, 15) is 4.79 Å². The number of rotatable bonds is 3. The lowest BCUT2D eigenvalue weighted by atomic mass is 10.1. The minimum Gasteiger partial charge on any atom is -0.326 e. The Morgan fingerprint density at radius 2 is 1.67 bits per heavy atom. The summed E-state index contributed by atoms with van der Waals surface area (Å²) in [6, 6.07) is 16.9. The number of carbonyl (C=O) groups excluding carboxylic acids is 1. The van der Waals surface area contributed by atoms with Crippen molar-refractivity contribution in [3.8, 4) is 0 Å². The van der Waals surface area contributed by atoms with E-state index in [0.29, 0.717) is 12.1 Å². The molecule has 2 aromatic rings. The van der Waals surface area contributed by atoms with Crippen molar-refractivity contribution in [2.75, 3.05) is 11.9 Å². The van der Waals surface area contributed by atoms with Crippen LogP contribution in [0, 0.1) is 0 Å². The first-order valence-electron chi connectivity index (χ1n) is 5.85. The van der Waals surface area contributed by atoms with Crippen LogP contribution in [0.25, 0.3) is 0 Å². The summed E-state index contributed by atoms with van der Waals surface area (Å²) in [5.74, 6) is -0.0310. The van der Waals surface area contributed by atoms with E-state index < -0.39 is 0 Å². The van der Waals surface area contributed by atoms with Crippen LogP contribution in [0.2, 0.25) is 0 Å². The molecule has 0 saturated heterocycles. The van der Waals surface area contributed by atoms with Gasteiger partial charge in [-0.2, -0.15) is 0 Å². The molecule has 1 amide bonds. The van der Waals surface area contributed by atoms with Gasteiger partial charge in [-0.05, 0) is 23.8 Å². The summed E-state index contributed by atoms with van der Waals surface area (Å²) in [6.45, 7) is 0.419. The van der Waals surface area contributed by atoms with Crippen LogP contribution in [-0.4, -0.2) is 13.0 Å². The molecule has 18 heavy (non-hydrogen) atoms. The molecule has 0 saturated carbocycles. The first kappa shape index (κ1) is 12.3. The van der Waals surface area contributed by atoms with Gasteiger partial charge in [0, 0.05) is 24.8 Å². The van der Waals surface area contributed by atoms with Gasteiger partial charge in [-0.3, -0.25) is 4.79 Å². The monoisotopic (exact) mass is 240 g/mol. The summed E-state index contributed by atoms with van der Waals surface area (Å²) in [5, 5.41) is 0. The van der Waals surface area contributed by atoms with E-state index in [-0.39, 0.29) is 5.91 Å². The van der Waals surface area contributed by atoms with Crippen LogP contribution in [0.5, 0.6) is 0 Å². The summed E-state index contributed by atoms with van der Waals surface area (Å²) < 4.78 is 0. The van der Waals surface area contributed by atoms with Crippen molar-refractivity contribution in [2.24, 2.45) is 5.73 Å². The third kappa shape index (κ3) is 2.41. The van der Waals surface area contributed by atoms with E-state index in [1.807, 2.05) is 54.6 Å². The van der Waals surface area contributed by atoms with Gasteiger partial charge in [-0.25, -0.2) is 0 Å². The van der Waals surface area contributed by atoms with Crippen LogP contribution in [0.3, 0.4) is 0 Å². The molecule has 0 aliphatic heterocycles. The Labute approximate surface area is 107 Å². The topological polar surface area (TPSA) is 46.3 Å². The number of hydrogen-bond donors (Lipinski definition) is 1. The van der Waals surface area contributed by atoms with Crippen LogP contribution < -0.4 is 10.6 Å². The van der Waals surface area contributed by atoms with Crippen molar-refractivity contribution in [3.63, 3.8) is 0 Å². The lowest BCUT2D eigenvalue weighted by molar-refractivity contribution is 0.0993. The highest BCUT2D eigenvalue weighted by atomic mass is 16.2.